The number of nitrogens with zero attached hydrogens (tertiary/aromatic N) is 2. The summed E-state index contributed by atoms with van der Waals surface area (Å²) >= 11 is 0. The van der Waals surface area contributed by atoms with Crippen LogP contribution < -0.4 is 4.48 Å². The molecule has 0 bridgehead atoms. The van der Waals surface area contributed by atoms with Crippen LogP contribution in [0.4, 0.5) is 11.4 Å². The first-order chi connectivity index (χ1) is 6.32. The van der Waals surface area contributed by atoms with Crippen LogP contribution in [0, 0.1) is 0 Å². The fourth-order valence-electron chi connectivity index (χ4n) is 1.91. The summed E-state index contributed by atoms with van der Waals surface area (Å²) in [6, 6.07) is 8.39. The van der Waals surface area contributed by atoms with Crippen molar-refractivity contribution in [3.8, 4) is 0 Å². The van der Waals surface area contributed by atoms with Gasteiger partial charge in [0.1, 0.15) is 5.69 Å². The molecule has 0 aromatic heterocycles. The molecule has 0 N–H and O–H groups in total. The van der Waals surface area contributed by atoms with E-state index in [9.17, 15) is 0 Å². The molecule has 2 rings (SSSR count). The van der Waals surface area contributed by atoms with Crippen LogP contribution in [-0.2, 0) is 0 Å². The third-order valence-electron chi connectivity index (χ3n) is 2.91. The predicted octanol–water partition coefficient (Wildman–Crippen LogP) is 2.71. The number of hydrogen-bond donors (Lipinski definition) is 0. The molecule has 0 spiro atoms. The molecular weight excluding hydrogens is 160 g/mol. The van der Waals surface area contributed by atoms with Crippen LogP contribution in [0.2, 0.25) is 0 Å². The summed E-state index contributed by atoms with van der Waals surface area (Å²) in [6.45, 7) is 6.57. The Morgan fingerprint density at radius 2 is 1.85 bits per heavy atom. The van der Waals surface area contributed by atoms with E-state index in [4.69, 9.17) is 0 Å². The molecule has 0 amide bonds. The lowest BCUT2D eigenvalue weighted by Crippen LogP contribution is -2.45. The van der Waals surface area contributed by atoms with E-state index in [1.54, 1.807) is 0 Å². The molecule has 0 unspecified atom stereocenters. The molecule has 2 nitrogen and oxygen atoms in total. The minimum absolute atomic E-state index is 0.899. The molecule has 0 atom stereocenters. The largest absolute Gasteiger partial charge is 0.247 e. The molecule has 13 heavy (non-hydrogen) atoms. The molecule has 1 heterocycles. The van der Waals surface area contributed by atoms with Crippen LogP contribution in [0.3, 0.4) is 0 Å². The molecule has 0 fully saturated rings. The highest BCUT2D eigenvalue weighted by atomic mass is 15.4. The quantitative estimate of drug-likeness (QED) is 0.613. The van der Waals surface area contributed by atoms with Gasteiger partial charge in [0.15, 0.2) is 12.0 Å². The lowest BCUT2D eigenvalue weighted by atomic mass is 10.2. The van der Waals surface area contributed by atoms with Gasteiger partial charge in [-0.05, 0) is 19.9 Å². The van der Waals surface area contributed by atoms with E-state index in [1.165, 1.54) is 5.69 Å². The summed E-state index contributed by atoms with van der Waals surface area (Å²) in [7, 11) is 0. The van der Waals surface area contributed by atoms with E-state index in [-0.39, 0.29) is 0 Å². The summed E-state index contributed by atoms with van der Waals surface area (Å²) in [6.07, 6.45) is 2.06. The zero-order valence-electron chi connectivity index (χ0n) is 8.20. The molecule has 1 aromatic carbocycles. The molecule has 0 aliphatic carbocycles. The first-order valence-corrected chi connectivity index (χ1v) is 4.84. The highest BCUT2D eigenvalue weighted by Crippen LogP contribution is 2.36. The maximum Gasteiger partial charge on any atom is 0.195 e. The van der Waals surface area contributed by atoms with E-state index < -0.39 is 0 Å². The van der Waals surface area contributed by atoms with E-state index >= 15 is 0 Å². The van der Waals surface area contributed by atoms with Gasteiger partial charge in [-0.25, -0.2) is 4.48 Å². The van der Waals surface area contributed by atoms with Crippen molar-refractivity contribution in [2.75, 3.05) is 13.1 Å². The monoisotopic (exact) mass is 175 g/mol. The van der Waals surface area contributed by atoms with Crippen molar-refractivity contribution in [1.82, 2.24) is 4.48 Å². The number of hydrogen-bond acceptors (Lipinski definition) is 1. The van der Waals surface area contributed by atoms with Gasteiger partial charge in [-0.1, -0.05) is 12.1 Å². The Morgan fingerprint density at radius 3 is 2.54 bits per heavy atom. The first kappa shape index (κ1) is 8.45. The molecule has 1 aliphatic heterocycles. The van der Waals surface area contributed by atoms with Crippen molar-refractivity contribution in [2.45, 2.75) is 13.8 Å². The molecule has 1 aliphatic rings. The standard InChI is InChI=1S/C11H15N2/c1-3-13(4-2)9-12-10-7-5-6-8-11(10)13/h5-9H,3-4H2,1-2H3/q+1. The molecular formula is C11H15N2+. The minimum Gasteiger partial charge on any atom is -0.247 e. The van der Waals surface area contributed by atoms with Gasteiger partial charge < -0.3 is 0 Å². The molecule has 0 saturated heterocycles. The van der Waals surface area contributed by atoms with E-state index in [2.05, 4.69) is 43.4 Å². The second kappa shape index (κ2) is 2.96. The average Bonchev–Trinajstić information content (AvgIpc) is 2.58. The summed E-state index contributed by atoms with van der Waals surface area (Å²) in [5.74, 6) is 0. The molecule has 0 saturated carbocycles. The van der Waals surface area contributed by atoms with Gasteiger partial charge in [0.05, 0.1) is 13.1 Å². The van der Waals surface area contributed by atoms with Crippen molar-refractivity contribution in [2.24, 2.45) is 4.99 Å². The summed E-state index contributed by atoms with van der Waals surface area (Å²) in [5.41, 5.74) is 2.47. The highest BCUT2D eigenvalue weighted by Gasteiger charge is 2.32. The first-order valence-electron chi connectivity index (χ1n) is 4.84. The zero-order valence-corrected chi connectivity index (χ0v) is 8.20. The minimum atomic E-state index is 0.899. The summed E-state index contributed by atoms with van der Waals surface area (Å²) < 4.78 is 0.899. The summed E-state index contributed by atoms with van der Waals surface area (Å²) in [5, 5.41) is 0. The lowest BCUT2D eigenvalue weighted by Gasteiger charge is -2.27. The average molecular weight is 175 g/mol. The van der Waals surface area contributed by atoms with Gasteiger partial charge in [0, 0.05) is 6.07 Å². The number of para-hydroxylation sites is 2. The highest BCUT2D eigenvalue weighted by molar-refractivity contribution is 5.88. The molecule has 2 heteroatoms. The van der Waals surface area contributed by atoms with Crippen LogP contribution in [0.1, 0.15) is 13.8 Å². The van der Waals surface area contributed by atoms with Crippen LogP contribution in [-0.4, -0.2) is 19.4 Å². The Hall–Kier alpha value is -1.15. The van der Waals surface area contributed by atoms with Crippen molar-refractivity contribution in [1.29, 1.82) is 0 Å². The van der Waals surface area contributed by atoms with Gasteiger partial charge in [-0.2, -0.15) is 4.99 Å². The third kappa shape index (κ3) is 1.10. The third-order valence-corrected chi connectivity index (χ3v) is 2.91. The Labute approximate surface area is 79.1 Å². The Kier molecular flexibility index (Phi) is 1.93. The smallest absolute Gasteiger partial charge is 0.195 e. The normalized spacial score (nSPS) is 17.4. The van der Waals surface area contributed by atoms with Crippen molar-refractivity contribution in [3.05, 3.63) is 24.3 Å². The van der Waals surface area contributed by atoms with Crippen LogP contribution >= 0.6 is 0 Å². The lowest BCUT2D eigenvalue weighted by molar-refractivity contribution is 0.473. The van der Waals surface area contributed by atoms with Gasteiger partial charge in [-0.15, -0.1) is 0 Å². The molecule has 1 aromatic rings. The van der Waals surface area contributed by atoms with Crippen LogP contribution in [0.5, 0.6) is 0 Å². The number of benzene rings is 1. The van der Waals surface area contributed by atoms with Gasteiger partial charge in [-0.3, -0.25) is 0 Å². The number of aliphatic imine (C=N–C) groups is 1. The topological polar surface area (TPSA) is 12.4 Å². The van der Waals surface area contributed by atoms with Crippen molar-refractivity contribution < 1.29 is 0 Å². The second-order valence-corrected chi connectivity index (χ2v) is 3.40. The molecule has 68 valence electrons. The number of rotatable bonds is 2. The van der Waals surface area contributed by atoms with Gasteiger partial charge in [0.2, 0.25) is 0 Å². The van der Waals surface area contributed by atoms with Gasteiger partial charge >= 0.3 is 0 Å². The Morgan fingerprint density at radius 1 is 1.15 bits per heavy atom. The summed E-state index contributed by atoms with van der Waals surface area (Å²) in [4.78, 5) is 4.44. The van der Waals surface area contributed by atoms with Crippen LogP contribution in [0.25, 0.3) is 0 Å². The van der Waals surface area contributed by atoms with Gasteiger partial charge in [0.25, 0.3) is 0 Å². The predicted molar refractivity (Wildman–Crippen MR) is 57.5 cm³/mol. The number of quaternary nitrogens is 1. The SMILES string of the molecule is CC[N+]1(CC)C=Nc2ccccc21. The maximum atomic E-state index is 4.44. The second-order valence-electron chi connectivity index (χ2n) is 3.40. The van der Waals surface area contributed by atoms with Crippen molar-refractivity contribution >= 4 is 17.7 Å². The Bertz CT molecular complexity index is 338. The fraction of sp³-hybridized carbons (Fsp3) is 0.364. The maximum absolute atomic E-state index is 4.44. The Balaban J connectivity index is 2.53. The number of fused-ring (bicyclic) bond motifs is 1. The zero-order chi connectivity index (χ0) is 9.31. The van der Waals surface area contributed by atoms with E-state index in [1.807, 2.05) is 6.07 Å². The molecule has 0 radical (unpaired) electrons. The van der Waals surface area contributed by atoms with E-state index in [0.29, 0.717) is 0 Å². The fourth-order valence-corrected chi connectivity index (χ4v) is 1.91. The van der Waals surface area contributed by atoms with E-state index in [0.717, 1.165) is 23.3 Å². The van der Waals surface area contributed by atoms with Crippen LogP contribution in [0.15, 0.2) is 29.3 Å². The van der Waals surface area contributed by atoms with Crippen molar-refractivity contribution in [3.63, 3.8) is 0 Å².